The first-order valence-corrected chi connectivity index (χ1v) is 4.83. The molecule has 0 aliphatic rings. The highest BCUT2D eigenvalue weighted by molar-refractivity contribution is 5.28. The van der Waals surface area contributed by atoms with Gasteiger partial charge >= 0.3 is 0 Å². The monoisotopic (exact) mass is 195 g/mol. The maximum absolute atomic E-state index is 9.07. The third kappa shape index (κ3) is 3.00. The van der Waals surface area contributed by atoms with E-state index in [0.717, 1.165) is 5.69 Å². The van der Waals surface area contributed by atoms with Crippen molar-refractivity contribution in [1.82, 2.24) is 4.98 Å². The summed E-state index contributed by atoms with van der Waals surface area (Å²) >= 11 is 0. The zero-order valence-electron chi connectivity index (χ0n) is 8.95. The molecule has 0 radical (unpaired) electrons. The van der Waals surface area contributed by atoms with Crippen LogP contribution in [-0.2, 0) is 6.61 Å². The fourth-order valence-corrected chi connectivity index (χ4v) is 1.10. The number of aromatic nitrogens is 1. The molecule has 0 fully saturated rings. The van der Waals surface area contributed by atoms with Crippen molar-refractivity contribution in [3.8, 4) is 5.75 Å². The summed E-state index contributed by atoms with van der Waals surface area (Å²) in [7, 11) is 0. The Bertz CT molecular complexity index is 297. The van der Waals surface area contributed by atoms with E-state index in [4.69, 9.17) is 9.84 Å². The molecule has 1 N–H and O–H groups in total. The van der Waals surface area contributed by atoms with Crippen molar-refractivity contribution in [3.05, 3.63) is 23.5 Å². The van der Waals surface area contributed by atoms with Gasteiger partial charge in [-0.1, -0.05) is 13.8 Å². The molecule has 0 amide bonds. The van der Waals surface area contributed by atoms with Crippen molar-refractivity contribution in [3.63, 3.8) is 0 Å². The molecule has 0 saturated carbocycles. The van der Waals surface area contributed by atoms with Gasteiger partial charge in [0.25, 0.3) is 0 Å². The number of hydrogen-bond acceptors (Lipinski definition) is 3. The van der Waals surface area contributed by atoms with Crippen molar-refractivity contribution in [1.29, 1.82) is 0 Å². The summed E-state index contributed by atoms with van der Waals surface area (Å²) in [6, 6.07) is 3.74. The van der Waals surface area contributed by atoms with Gasteiger partial charge in [-0.15, -0.1) is 0 Å². The molecule has 0 aliphatic heterocycles. The molecule has 1 aromatic heterocycles. The van der Waals surface area contributed by atoms with Crippen LogP contribution in [0.5, 0.6) is 5.75 Å². The lowest BCUT2D eigenvalue weighted by Gasteiger charge is -2.11. The molecule has 1 aromatic rings. The van der Waals surface area contributed by atoms with E-state index in [1.165, 1.54) is 0 Å². The fraction of sp³-hybridized carbons (Fsp3) is 0.545. The van der Waals surface area contributed by atoms with Gasteiger partial charge in [0.1, 0.15) is 11.4 Å². The normalized spacial score (nSPS) is 10.6. The van der Waals surface area contributed by atoms with E-state index in [1.807, 2.05) is 19.1 Å². The molecule has 0 bridgehead atoms. The molecule has 0 atom stereocenters. The van der Waals surface area contributed by atoms with Gasteiger partial charge in [0.05, 0.1) is 13.2 Å². The molecular weight excluding hydrogens is 178 g/mol. The third-order valence-corrected chi connectivity index (χ3v) is 1.79. The zero-order chi connectivity index (χ0) is 10.6. The van der Waals surface area contributed by atoms with Crippen molar-refractivity contribution < 1.29 is 9.84 Å². The highest BCUT2D eigenvalue weighted by atomic mass is 16.5. The van der Waals surface area contributed by atoms with Gasteiger partial charge in [-0.05, 0) is 25.0 Å². The topological polar surface area (TPSA) is 42.4 Å². The molecule has 1 rings (SSSR count). The minimum Gasteiger partial charge on any atom is -0.491 e. The number of aliphatic hydroxyl groups is 1. The molecule has 0 saturated heterocycles. The maximum Gasteiger partial charge on any atom is 0.143 e. The second-order valence-electron chi connectivity index (χ2n) is 3.76. The van der Waals surface area contributed by atoms with Crippen LogP contribution < -0.4 is 4.74 Å². The second-order valence-corrected chi connectivity index (χ2v) is 3.76. The van der Waals surface area contributed by atoms with Crippen LogP contribution in [0.15, 0.2) is 12.1 Å². The van der Waals surface area contributed by atoms with Crippen LogP contribution in [0.4, 0.5) is 0 Å². The van der Waals surface area contributed by atoms with Crippen LogP contribution >= 0.6 is 0 Å². The smallest absolute Gasteiger partial charge is 0.143 e. The van der Waals surface area contributed by atoms with E-state index >= 15 is 0 Å². The summed E-state index contributed by atoms with van der Waals surface area (Å²) in [5, 5.41) is 9.07. The molecule has 3 nitrogen and oxygen atoms in total. The van der Waals surface area contributed by atoms with Crippen LogP contribution in [-0.4, -0.2) is 16.7 Å². The Kier molecular flexibility index (Phi) is 3.89. The molecule has 0 spiro atoms. The van der Waals surface area contributed by atoms with Crippen LogP contribution in [0.3, 0.4) is 0 Å². The maximum atomic E-state index is 9.07. The van der Waals surface area contributed by atoms with Crippen LogP contribution in [0.1, 0.15) is 25.2 Å². The lowest BCUT2D eigenvalue weighted by molar-refractivity contribution is 0.241. The van der Waals surface area contributed by atoms with E-state index in [1.54, 1.807) is 0 Å². The summed E-state index contributed by atoms with van der Waals surface area (Å²) in [6.45, 7) is 6.64. The minimum atomic E-state index is -0.0743. The van der Waals surface area contributed by atoms with Gasteiger partial charge in [-0.3, -0.25) is 4.98 Å². The number of rotatable bonds is 4. The third-order valence-electron chi connectivity index (χ3n) is 1.79. The number of nitrogens with zero attached hydrogens (tertiary/aromatic N) is 1. The van der Waals surface area contributed by atoms with Gasteiger partial charge < -0.3 is 9.84 Å². The Morgan fingerprint density at radius 1 is 1.43 bits per heavy atom. The summed E-state index contributed by atoms with van der Waals surface area (Å²) < 4.78 is 5.52. The number of pyridine rings is 1. The molecule has 3 heteroatoms. The summed E-state index contributed by atoms with van der Waals surface area (Å²) in [4.78, 5) is 4.19. The van der Waals surface area contributed by atoms with Gasteiger partial charge in [0.15, 0.2) is 0 Å². The number of aliphatic hydroxyl groups excluding tert-OH is 1. The Labute approximate surface area is 84.7 Å². The van der Waals surface area contributed by atoms with Crippen LogP contribution in [0.2, 0.25) is 0 Å². The molecule has 78 valence electrons. The first-order valence-electron chi connectivity index (χ1n) is 4.83. The lowest BCUT2D eigenvalue weighted by atomic mass is 10.2. The van der Waals surface area contributed by atoms with Gasteiger partial charge in [0, 0.05) is 5.69 Å². The second kappa shape index (κ2) is 4.96. The average molecular weight is 195 g/mol. The molecule has 0 aliphatic carbocycles. The lowest BCUT2D eigenvalue weighted by Crippen LogP contribution is -2.07. The number of hydrogen-bond donors (Lipinski definition) is 1. The van der Waals surface area contributed by atoms with Crippen LogP contribution in [0.25, 0.3) is 0 Å². The van der Waals surface area contributed by atoms with Gasteiger partial charge in [-0.25, -0.2) is 0 Å². The van der Waals surface area contributed by atoms with E-state index in [0.29, 0.717) is 24.0 Å². The van der Waals surface area contributed by atoms with Crippen molar-refractivity contribution in [2.45, 2.75) is 27.4 Å². The zero-order valence-corrected chi connectivity index (χ0v) is 8.95. The standard InChI is InChI=1S/C11H17NO2/c1-8(2)7-14-11-5-4-9(3)12-10(11)6-13/h4-5,8,13H,6-7H2,1-3H3. The quantitative estimate of drug-likeness (QED) is 0.798. The SMILES string of the molecule is Cc1ccc(OCC(C)C)c(CO)n1. The van der Waals surface area contributed by atoms with Crippen molar-refractivity contribution in [2.75, 3.05) is 6.61 Å². The molecule has 14 heavy (non-hydrogen) atoms. The van der Waals surface area contributed by atoms with Crippen LogP contribution in [0, 0.1) is 12.8 Å². The Balaban J connectivity index is 2.75. The predicted molar refractivity (Wildman–Crippen MR) is 55.2 cm³/mol. The Hall–Kier alpha value is -1.09. The summed E-state index contributed by atoms with van der Waals surface area (Å²) in [5.41, 5.74) is 1.51. The molecular formula is C11H17NO2. The van der Waals surface area contributed by atoms with Gasteiger partial charge in [-0.2, -0.15) is 0 Å². The molecule has 1 heterocycles. The molecule has 0 aromatic carbocycles. The highest BCUT2D eigenvalue weighted by Gasteiger charge is 2.05. The number of ether oxygens (including phenoxy) is 1. The summed E-state index contributed by atoms with van der Waals surface area (Å²) in [6.07, 6.45) is 0. The van der Waals surface area contributed by atoms with E-state index in [9.17, 15) is 0 Å². The average Bonchev–Trinajstić information content (AvgIpc) is 2.15. The van der Waals surface area contributed by atoms with Crippen molar-refractivity contribution >= 4 is 0 Å². The first kappa shape index (κ1) is 11.0. The predicted octanol–water partition coefficient (Wildman–Crippen LogP) is 1.92. The van der Waals surface area contributed by atoms with E-state index in [2.05, 4.69) is 18.8 Å². The largest absolute Gasteiger partial charge is 0.491 e. The van der Waals surface area contributed by atoms with E-state index < -0.39 is 0 Å². The first-order chi connectivity index (χ1) is 6.63. The number of aryl methyl sites for hydroxylation is 1. The highest BCUT2D eigenvalue weighted by Crippen LogP contribution is 2.17. The van der Waals surface area contributed by atoms with Gasteiger partial charge in [0.2, 0.25) is 0 Å². The minimum absolute atomic E-state index is 0.0743. The fourth-order valence-electron chi connectivity index (χ4n) is 1.10. The van der Waals surface area contributed by atoms with E-state index in [-0.39, 0.29) is 6.61 Å². The molecule has 0 unspecified atom stereocenters. The summed E-state index contributed by atoms with van der Waals surface area (Å²) in [5.74, 6) is 1.16. The Morgan fingerprint density at radius 3 is 2.71 bits per heavy atom. The van der Waals surface area contributed by atoms with Crippen molar-refractivity contribution in [2.24, 2.45) is 5.92 Å². The Morgan fingerprint density at radius 2 is 2.14 bits per heavy atom.